The average Bonchev–Trinajstić information content (AvgIpc) is 2.93. The molecule has 1 unspecified atom stereocenters. The topological polar surface area (TPSA) is 24.9 Å². The number of fused-ring (bicyclic) bond motifs is 1. The van der Waals surface area contributed by atoms with Crippen LogP contribution in [0, 0.1) is 0 Å². The second-order valence-corrected chi connectivity index (χ2v) is 7.09. The van der Waals surface area contributed by atoms with Gasteiger partial charge in [0, 0.05) is 12.2 Å². The number of nitrogens with one attached hydrogen (secondary N) is 1. The summed E-state index contributed by atoms with van der Waals surface area (Å²) in [7, 11) is 0. The minimum Gasteiger partial charge on any atom is -0.310 e. The third kappa shape index (κ3) is 4.76. The predicted octanol–water partition coefficient (Wildman–Crippen LogP) is 4.87. The molecule has 0 amide bonds. The van der Waals surface area contributed by atoms with Crippen molar-refractivity contribution in [3.8, 4) is 0 Å². The number of hydrogen-bond donors (Lipinski definition) is 1. The standard InChI is InChI=1S/C16H24N2S2/c1-13(17-8-5-3-4-6-9-19-2)14-11-16-15(18-12-14)7-10-20-16/h7,10-13,17H,3-6,8-9H2,1-2H3. The summed E-state index contributed by atoms with van der Waals surface area (Å²) in [4.78, 5) is 4.51. The van der Waals surface area contributed by atoms with Crippen molar-refractivity contribution in [1.82, 2.24) is 10.3 Å². The first-order valence-electron chi connectivity index (χ1n) is 7.36. The van der Waals surface area contributed by atoms with Crippen LogP contribution in [0.2, 0.25) is 0 Å². The molecule has 0 aliphatic carbocycles. The Kier molecular flexibility index (Phi) is 6.83. The maximum Gasteiger partial charge on any atom is 0.0809 e. The molecular formula is C16H24N2S2. The highest BCUT2D eigenvalue weighted by atomic mass is 32.2. The van der Waals surface area contributed by atoms with Gasteiger partial charge in [0.15, 0.2) is 0 Å². The molecule has 20 heavy (non-hydrogen) atoms. The highest BCUT2D eigenvalue weighted by Crippen LogP contribution is 2.22. The Bertz CT molecular complexity index is 510. The number of pyridine rings is 1. The monoisotopic (exact) mass is 308 g/mol. The van der Waals surface area contributed by atoms with E-state index in [1.165, 1.54) is 41.7 Å². The second kappa shape index (κ2) is 8.65. The van der Waals surface area contributed by atoms with Crippen LogP contribution in [0.4, 0.5) is 0 Å². The molecule has 0 fully saturated rings. The summed E-state index contributed by atoms with van der Waals surface area (Å²) in [5.74, 6) is 1.30. The van der Waals surface area contributed by atoms with Crippen LogP contribution < -0.4 is 5.32 Å². The lowest BCUT2D eigenvalue weighted by atomic mass is 10.1. The van der Waals surface area contributed by atoms with Crippen LogP contribution in [0.3, 0.4) is 0 Å². The van der Waals surface area contributed by atoms with E-state index in [9.17, 15) is 0 Å². The Morgan fingerprint density at radius 3 is 3.00 bits per heavy atom. The fourth-order valence-electron chi connectivity index (χ4n) is 2.26. The maximum absolute atomic E-state index is 4.51. The highest BCUT2D eigenvalue weighted by molar-refractivity contribution is 7.98. The van der Waals surface area contributed by atoms with Crippen LogP contribution in [0.15, 0.2) is 23.7 Å². The molecular weight excluding hydrogens is 284 g/mol. The van der Waals surface area contributed by atoms with Gasteiger partial charge in [-0.05, 0) is 61.4 Å². The Morgan fingerprint density at radius 1 is 1.30 bits per heavy atom. The number of nitrogens with zero attached hydrogens (tertiary/aromatic N) is 1. The molecule has 2 aromatic heterocycles. The molecule has 110 valence electrons. The molecule has 0 saturated carbocycles. The Hall–Kier alpha value is -0.580. The van der Waals surface area contributed by atoms with Crippen molar-refractivity contribution in [2.75, 3.05) is 18.6 Å². The molecule has 4 heteroatoms. The summed E-state index contributed by atoms with van der Waals surface area (Å²) in [5, 5.41) is 5.71. The molecule has 2 heterocycles. The largest absolute Gasteiger partial charge is 0.310 e. The predicted molar refractivity (Wildman–Crippen MR) is 92.9 cm³/mol. The Balaban J connectivity index is 1.70. The van der Waals surface area contributed by atoms with Crippen LogP contribution in [-0.4, -0.2) is 23.5 Å². The normalized spacial score (nSPS) is 12.9. The first kappa shape index (κ1) is 15.8. The summed E-state index contributed by atoms with van der Waals surface area (Å²) in [6.45, 7) is 3.33. The lowest BCUT2D eigenvalue weighted by molar-refractivity contribution is 0.536. The van der Waals surface area contributed by atoms with E-state index >= 15 is 0 Å². The van der Waals surface area contributed by atoms with Gasteiger partial charge in [-0.15, -0.1) is 11.3 Å². The first-order chi connectivity index (χ1) is 9.81. The molecule has 2 rings (SSSR count). The molecule has 0 radical (unpaired) electrons. The smallest absolute Gasteiger partial charge is 0.0809 e. The van der Waals surface area contributed by atoms with E-state index in [4.69, 9.17) is 0 Å². The van der Waals surface area contributed by atoms with E-state index in [2.05, 4.69) is 41.0 Å². The minimum atomic E-state index is 0.389. The van der Waals surface area contributed by atoms with Crippen LogP contribution in [-0.2, 0) is 0 Å². The van der Waals surface area contributed by atoms with Gasteiger partial charge in [-0.25, -0.2) is 0 Å². The van der Waals surface area contributed by atoms with Gasteiger partial charge in [-0.3, -0.25) is 4.98 Å². The molecule has 0 aliphatic rings. The fraction of sp³-hybridized carbons (Fsp3) is 0.562. The van der Waals surface area contributed by atoms with Crippen LogP contribution >= 0.6 is 23.1 Å². The highest BCUT2D eigenvalue weighted by Gasteiger charge is 2.06. The molecule has 0 spiro atoms. The number of unbranched alkanes of at least 4 members (excludes halogenated alkanes) is 3. The zero-order valence-corrected chi connectivity index (χ0v) is 14.0. The van der Waals surface area contributed by atoms with E-state index in [1.54, 1.807) is 11.3 Å². The Morgan fingerprint density at radius 2 is 2.15 bits per heavy atom. The van der Waals surface area contributed by atoms with Crippen molar-refractivity contribution in [2.24, 2.45) is 0 Å². The number of thioether (sulfide) groups is 1. The average molecular weight is 309 g/mol. The van der Waals surface area contributed by atoms with E-state index in [0.717, 1.165) is 12.1 Å². The minimum absolute atomic E-state index is 0.389. The molecule has 2 nitrogen and oxygen atoms in total. The van der Waals surface area contributed by atoms with Crippen LogP contribution in [0.25, 0.3) is 10.2 Å². The summed E-state index contributed by atoms with van der Waals surface area (Å²) >= 11 is 3.71. The fourth-order valence-corrected chi connectivity index (χ4v) is 3.54. The van der Waals surface area contributed by atoms with Crippen molar-refractivity contribution >= 4 is 33.3 Å². The van der Waals surface area contributed by atoms with Crippen molar-refractivity contribution in [3.63, 3.8) is 0 Å². The van der Waals surface area contributed by atoms with Gasteiger partial charge in [-0.2, -0.15) is 11.8 Å². The lowest BCUT2D eigenvalue weighted by Crippen LogP contribution is -2.19. The van der Waals surface area contributed by atoms with Crippen LogP contribution in [0.5, 0.6) is 0 Å². The molecule has 1 N–H and O–H groups in total. The number of hydrogen-bond acceptors (Lipinski definition) is 4. The molecule has 2 aromatic rings. The summed E-state index contributed by atoms with van der Waals surface area (Å²) < 4.78 is 1.29. The second-order valence-electron chi connectivity index (χ2n) is 5.16. The molecule has 0 aliphatic heterocycles. The van der Waals surface area contributed by atoms with Crippen molar-refractivity contribution in [3.05, 3.63) is 29.3 Å². The van der Waals surface area contributed by atoms with Gasteiger partial charge in [-0.1, -0.05) is 12.8 Å². The van der Waals surface area contributed by atoms with E-state index in [1.807, 2.05) is 18.0 Å². The van der Waals surface area contributed by atoms with Gasteiger partial charge in [0.1, 0.15) is 0 Å². The van der Waals surface area contributed by atoms with Crippen molar-refractivity contribution in [2.45, 2.75) is 38.6 Å². The molecule has 1 atom stereocenters. The van der Waals surface area contributed by atoms with Gasteiger partial charge in [0.25, 0.3) is 0 Å². The summed E-state index contributed by atoms with van der Waals surface area (Å²) in [5.41, 5.74) is 2.40. The quantitative estimate of drug-likeness (QED) is 0.669. The molecule has 0 bridgehead atoms. The van der Waals surface area contributed by atoms with Gasteiger partial charge >= 0.3 is 0 Å². The summed E-state index contributed by atoms with van der Waals surface area (Å²) in [6, 6.07) is 4.74. The maximum atomic E-state index is 4.51. The molecule has 0 saturated heterocycles. The van der Waals surface area contributed by atoms with Crippen molar-refractivity contribution < 1.29 is 0 Å². The Labute approximate surface area is 130 Å². The van der Waals surface area contributed by atoms with E-state index in [0.29, 0.717) is 6.04 Å². The first-order valence-corrected chi connectivity index (χ1v) is 9.64. The third-order valence-electron chi connectivity index (χ3n) is 3.55. The SMILES string of the molecule is CSCCCCCCNC(C)c1cnc2ccsc2c1. The third-order valence-corrected chi connectivity index (χ3v) is 5.10. The number of thiophene rings is 1. The molecule has 0 aromatic carbocycles. The van der Waals surface area contributed by atoms with Crippen LogP contribution in [0.1, 0.15) is 44.2 Å². The van der Waals surface area contributed by atoms with Gasteiger partial charge in [0.2, 0.25) is 0 Å². The zero-order valence-electron chi connectivity index (χ0n) is 12.4. The van der Waals surface area contributed by atoms with Gasteiger partial charge < -0.3 is 5.32 Å². The van der Waals surface area contributed by atoms with E-state index in [-0.39, 0.29) is 0 Å². The van der Waals surface area contributed by atoms with Crippen molar-refractivity contribution in [1.29, 1.82) is 0 Å². The summed E-state index contributed by atoms with van der Waals surface area (Å²) in [6.07, 6.45) is 9.51. The van der Waals surface area contributed by atoms with E-state index < -0.39 is 0 Å². The zero-order chi connectivity index (χ0) is 14.2. The van der Waals surface area contributed by atoms with Gasteiger partial charge in [0.05, 0.1) is 10.2 Å². The number of aromatic nitrogens is 1. The lowest BCUT2D eigenvalue weighted by Gasteiger charge is -2.13. The number of rotatable bonds is 9.